The molecule has 1 fully saturated rings. The standard InChI is InChI=1S/C18H19ClN2O4S/c1-13-5-6-16(17(22)11-13)18(23)20-7-9-21(10-8-20)26(24,25)15-4-2-3-14(19)12-15/h2-6,11-12,22H,7-10H2,1H3. The second-order valence-electron chi connectivity index (χ2n) is 6.17. The number of halogens is 1. The summed E-state index contributed by atoms with van der Waals surface area (Å²) in [6.07, 6.45) is 0. The maximum Gasteiger partial charge on any atom is 0.257 e. The number of amides is 1. The van der Waals surface area contributed by atoms with E-state index in [4.69, 9.17) is 11.6 Å². The average Bonchev–Trinajstić information content (AvgIpc) is 2.61. The molecule has 0 aliphatic carbocycles. The van der Waals surface area contributed by atoms with Crippen molar-refractivity contribution in [1.29, 1.82) is 0 Å². The summed E-state index contributed by atoms with van der Waals surface area (Å²) in [4.78, 5) is 14.3. The molecule has 3 rings (SSSR count). The predicted molar refractivity (Wildman–Crippen MR) is 99.0 cm³/mol. The molecule has 1 saturated heterocycles. The van der Waals surface area contributed by atoms with Crippen LogP contribution >= 0.6 is 11.6 Å². The summed E-state index contributed by atoms with van der Waals surface area (Å²) in [7, 11) is -3.65. The summed E-state index contributed by atoms with van der Waals surface area (Å²) < 4.78 is 26.7. The molecule has 0 saturated carbocycles. The molecule has 0 aromatic heterocycles. The van der Waals surface area contributed by atoms with E-state index in [0.29, 0.717) is 5.02 Å². The zero-order valence-corrected chi connectivity index (χ0v) is 15.8. The van der Waals surface area contributed by atoms with Gasteiger partial charge in [0.15, 0.2) is 0 Å². The summed E-state index contributed by atoms with van der Waals surface area (Å²) in [6.45, 7) is 2.71. The van der Waals surface area contributed by atoms with Crippen LogP contribution in [0.5, 0.6) is 5.75 Å². The van der Waals surface area contributed by atoms with Crippen molar-refractivity contribution in [1.82, 2.24) is 9.21 Å². The summed E-state index contributed by atoms with van der Waals surface area (Å²) in [5.74, 6) is -0.369. The minimum absolute atomic E-state index is 0.0658. The molecule has 0 unspecified atom stereocenters. The lowest BCUT2D eigenvalue weighted by molar-refractivity contribution is 0.0695. The lowest BCUT2D eigenvalue weighted by Gasteiger charge is -2.34. The Morgan fingerprint density at radius 2 is 1.77 bits per heavy atom. The highest BCUT2D eigenvalue weighted by molar-refractivity contribution is 7.89. The fraction of sp³-hybridized carbons (Fsp3) is 0.278. The monoisotopic (exact) mass is 394 g/mol. The zero-order chi connectivity index (χ0) is 18.9. The Hall–Kier alpha value is -2.09. The van der Waals surface area contributed by atoms with Gasteiger partial charge in [0.1, 0.15) is 5.75 Å². The lowest BCUT2D eigenvalue weighted by Crippen LogP contribution is -2.50. The quantitative estimate of drug-likeness (QED) is 0.867. The van der Waals surface area contributed by atoms with E-state index in [1.54, 1.807) is 29.2 Å². The number of carbonyl (C=O) groups is 1. The average molecular weight is 395 g/mol. The van der Waals surface area contributed by atoms with Crippen LogP contribution in [-0.4, -0.2) is 54.8 Å². The van der Waals surface area contributed by atoms with E-state index < -0.39 is 10.0 Å². The normalized spacial score (nSPS) is 15.8. The fourth-order valence-electron chi connectivity index (χ4n) is 2.90. The maximum atomic E-state index is 12.7. The summed E-state index contributed by atoms with van der Waals surface area (Å²) in [5.41, 5.74) is 1.08. The molecule has 0 bridgehead atoms. The van der Waals surface area contributed by atoms with Gasteiger partial charge in [0.25, 0.3) is 5.91 Å². The van der Waals surface area contributed by atoms with E-state index in [2.05, 4.69) is 0 Å². The molecular weight excluding hydrogens is 376 g/mol. The van der Waals surface area contributed by atoms with E-state index in [1.165, 1.54) is 22.5 Å². The molecule has 2 aromatic carbocycles. The zero-order valence-electron chi connectivity index (χ0n) is 14.2. The molecule has 26 heavy (non-hydrogen) atoms. The molecule has 8 heteroatoms. The topological polar surface area (TPSA) is 77.9 Å². The van der Waals surface area contributed by atoms with Gasteiger partial charge in [-0.15, -0.1) is 0 Å². The fourth-order valence-corrected chi connectivity index (χ4v) is 4.62. The van der Waals surface area contributed by atoms with Crippen molar-refractivity contribution < 1.29 is 18.3 Å². The van der Waals surface area contributed by atoms with Gasteiger partial charge in [0.2, 0.25) is 10.0 Å². The minimum atomic E-state index is -3.65. The van der Waals surface area contributed by atoms with Gasteiger partial charge in [-0.3, -0.25) is 4.79 Å². The number of phenolic OH excluding ortho intramolecular Hbond substituents is 1. The molecule has 2 aromatic rings. The molecule has 1 heterocycles. The molecule has 1 aliphatic heterocycles. The van der Waals surface area contributed by atoms with Crippen LogP contribution in [0.4, 0.5) is 0 Å². The Morgan fingerprint density at radius 1 is 1.08 bits per heavy atom. The maximum absolute atomic E-state index is 12.7. The number of hydrogen-bond donors (Lipinski definition) is 1. The number of aryl methyl sites for hydroxylation is 1. The lowest BCUT2D eigenvalue weighted by atomic mass is 10.1. The first-order valence-electron chi connectivity index (χ1n) is 8.13. The van der Waals surface area contributed by atoms with Crippen molar-refractivity contribution in [3.05, 3.63) is 58.6 Å². The minimum Gasteiger partial charge on any atom is -0.507 e. The third-order valence-electron chi connectivity index (χ3n) is 4.34. The van der Waals surface area contributed by atoms with Crippen LogP contribution in [0.25, 0.3) is 0 Å². The van der Waals surface area contributed by atoms with Crippen LogP contribution in [-0.2, 0) is 10.0 Å². The predicted octanol–water partition coefficient (Wildman–Crippen LogP) is 2.50. The molecular formula is C18H19ClN2O4S. The van der Waals surface area contributed by atoms with E-state index >= 15 is 0 Å². The molecule has 138 valence electrons. The largest absolute Gasteiger partial charge is 0.507 e. The number of carbonyl (C=O) groups excluding carboxylic acids is 1. The van der Waals surface area contributed by atoms with Crippen molar-refractivity contribution in [2.75, 3.05) is 26.2 Å². The van der Waals surface area contributed by atoms with Crippen molar-refractivity contribution in [3.8, 4) is 5.75 Å². The van der Waals surface area contributed by atoms with Gasteiger partial charge in [-0.1, -0.05) is 23.7 Å². The van der Waals surface area contributed by atoms with Gasteiger partial charge >= 0.3 is 0 Å². The van der Waals surface area contributed by atoms with E-state index in [1.807, 2.05) is 6.92 Å². The van der Waals surface area contributed by atoms with Crippen molar-refractivity contribution in [2.45, 2.75) is 11.8 Å². The van der Waals surface area contributed by atoms with Crippen LogP contribution in [0, 0.1) is 6.92 Å². The SMILES string of the molecule is Cc1ccc(C(=O)N2CCN(S(=O)(=O)c3cccc(Cl)c3)CC2)c(O)c1. The number of nitrogens with zero attached hydrogens (tertiary/aromatic N) is 2. The first-order chi connectivity index (χ1) is 12.3. The second kappa shape index (κ2) is 7.26. The van der Waals surface area contributed by atoms with Crippen molar-refractivity contribution >= 4 is 27.5 Å². The van der Waals surface area contributed by atoms with Crippen molar-refractivity contribution in [3.63, 3.8) is 0 Å². The summed E-state index contributed by atoms with van der Waals surface area (Å²) in [6, 6.07) is 11.0. The van der Waals surface area contributed by atoms with E-state index in [-0.39, 0.29) is 48.3 Å². The summed E-state index contributed by atoms with van der Waals surface area (Å²) in [5, 5.41) is 10.3. The molecule has 0 radical (unpaired) electrons. The second-order valence-corrected chi connectivity index (χ2v) is 8.55. The number of hydrogen-bond acceptors (Lipinski definition) is 4. The van der Waals surface area contributed by atoms with Gasteiger partial charge in [-0.05, 0) is 42.8 Å². The molecule has 6 nitrogen and oxygen atoms in total. The summed E-state index contributed by atoms with van der Waals surface area (Å²) >= 11 is 5.89. The molecule has 1 amide bonds. The van der Waals surface area contributed by atoms with Gasteiger partial charge in [-0.2, -0.15) is 4.31 Å². The Morgan fingerprint density at radius 3 is 2.38 bits per heavy atom. The number of aromatic hydroxyl groups is 1. The number of phenols is 1. The third kappa shape index (κ3) is 3.70. The van der Waals surface area contributed by atoms with Gasteiger partial charge < -0.3 is 10.0 Å². The van der Waals surface area contributed by atoms with Gasteiger partial charge in [0.05, 0.1) is 10.5 Å². The number of rotatable bonds is 3. The number of benzene rings is 2. The number of piperazine rings is 1. The van der Waals surface area contributed by atoms with Crippen LogP contribution in [0.2, 0.25) is 5.02 Å². The molecule has 1 aliphatic rings. The van der Waals surface area contributed by atoms with Gasteiger partial charge in [0, 0.05) is 31.2 Å². The Labute approximate surface area is 157 Å². The van der Waals surface area contributed by atoms with E-state index in [9.17, 15) is 18.3 Å². The van der Waals surface area contributed by atoms with E-state index in [0.717, 1.165) is 5.56 Å². The highest BCUT2D eigenvalue weighted by atomic mass is 35.5. The Bertz CT molecular complexity index is 938. The Balaban J connectivity index is 1.72. The first kappa shape index (κ1) is 18.7. The highest BCUT2D eigenvalue weighted by Gasteiger charge is 2.31. The van der Waals surface area contributed by atoms with Crippen molar-refractivity contribution in [2.24, 2.45) is 0 Å². The van der Waals surface area contributed by atoms with Crippen LogP contribution in [0.15, 0.2) is 47.4 Å². The third-order valence-corrected chi connectivity index (χ3v) is 6.47. The Kier molecular flexibility index (Phi) is 5.22. The van der Waals surface area contributed by atoms with Crippen LogP contribution < -0.4 is 0 Å². The highest BCUT2D eigenvalue weighted by Crippen LogP contribution is 2.23. The first-order valence-corrected chi connectivity index (χ1v) is 9.95. The van der Waals surface area contributed by atoms with Gasteiger partial charge in [-0.25, -0.2) is 8.42 Å². The smallest absolute Gasteiger partial charge is 0.257 e. The van der Waals surface area contributed by atoms with Crippen LogP contribution in [0.3, 0.4) is 0 Å². The molecule has 0 spiro atoms. The van der Waals surface area contributed by atoms with Crippen LogP contribution in [0.1, 0.15) is 15.9 Å². The number of sulfonamides is 1. The molecule has 0 atom stereocenters. The molecule has 1 N–H and O–H groups in total.